The molecule has 0 atom stereocenters. The Kier molecular flexibility index (Phi) is 5.23. The zero-order valence-electron chi connectivity index (χ0n) is 13.6. The number of rotatable bonds is 6. The van der Waals surface area contributed by atoms with Crippen molar-refractivity contribution in [1.29, 1.82) is 0 Å². The summed E-state index contributed by atoms with van der Waals surface area (Å²) in [6, 6.07) is 15.1. The van der Waals surface area contributed by atoms with Gasteiger partial charge in [0.05, 0.1) is 6.42 Å². The summed E-state index contributed by atoms with van der Waals surface area (Å²) in [6.45, 7) is -0.472. The first-order chi connectivity index (χ1) is 12.6. The van der Waals surface area contributed by atoms with Crippen molar-refractivity contribution in [2.45, 2.75) is 6.42 Å². The molecule has 132 valence electrons. The SMILES string of the molecule is O=C(COC(=O)Cc1ccc(O)cc1)Nc1nnc(-c2ccccc2)o1. The number of esters is 1. The fourth-order valence-corrected chi connectivity index (χ4v) is 2.10. The lowest BCUT2D eigenvalue weighted by molar-refractivity contribution is -0.146. The van der Waals surface area contributed by atoms with Gasteiger partial charge in [-0.2, -0.15) is 0 Å². The third-order valence-corrected chi connectivity index (χ3v) is 3.34. The van der Waals surface area contributed by atoms with Crippen LogP contribution < -0.4 is 5.32 Å². The number of hydrogen-bond acceptors (Lipinski definition) is 7. The maximum Gasteiger partial charge on any atom is 0.322 e. The zero-order chi connectivity index (χ0) is 18.4. The van der Waals surface area contributed by atoms with Crippen LogP contribution in [-0.2, 0) is 20.7 Å². The lowest BCUT2D eigenvalue weighted by Crippen LogP contribution is -2.21. The van der Waals surface area contributed by atoms with Gasteiger partial charge in [-0.1, -0.05) is 35.4 Å². The highest BCUT2D eigenvalue weighted by atomic mass is 16.5. The Labute approximate surface area is 148 Å². The Morgan fingerprint density at radius 3 is 2.50 bits per heavy atom. The fraction of sp³-hybridized carbons (Fsp3) is 0.111. The van der Waals surface area contributed by atoms with Gasteiger partial charge in [-0.25, -0.2) is 0 Å². The molecule has 3 rings (SSSR count). The first-order valence-corrected chi connectivity index (χ1v) is 7.72. The lowest BCUT2D eigenvalue weighted by atomic mass is 10.1. The van der Waals surface area contributed by atoms with Gasteiger partial charge in [0.2, 0.25) is 5.89 Å². The van der Waals surface area contributed by atoms with E-state index in [4.69, 9.17) is 9.15 Å². The maximum absolute atomic E-state index is 11.8. The molecule has 1 amide bonds. The van der Waals surface area contributed by atoms with Crippen LogP contribution in [0.4, 0.5) is 6.01 Å². The van der Waals surface area contributed by atoms with Gasteiger partial charge in [-0.05, 0) is 29.8 Å². The molecule has 0 bridgehead atoms. The van der Waals surface area contributed by atoms with E-state index in [2.05, 4.69) is 15.5 Å². The second-order valence-electron chi connectivity index (χ2n) is 5.33. The van der Waals surface area contributed by atoms with Crippen molar-refractivity contribution in [3.05, 3.63) is 60.2 Å². The molecule has 3 aromatic rings. The molecule has 0 radical (unpaired) electrons. The number of carbonyl (C=O) groups excluding carboxylic acids is 2. The van der Waals surface area contributed by atoms with Crippen LogP contribution in [0.1, 0.15) is 5.56 Å². The molecule has 26 heavy (non-hydrogen) atoms. The molecule has 0 aliphatic heterocycles. The molecule has 0 saturated carbocycles. The number of aromatic hydroxyl groups is 1. The first-order valence-electron chi connectivity index (χ1n) is 7.72. The van der Waals surface area contributed by atoms with Crippen LogP contribution in [0.25, 0.3) is 11.5 Å². The van der Waals surface area contributed by atoms with Crippen molar-refractivity contribution in [1.82, 2.24) is 10.2 Å². The van der Waals surface area contributed by atoms with Crippen LogP contribution in [0.3, 0.4) is 0 Å². The van der Waals surface area contributed by atoms with Crippen molar-refractivity contribution in [2.24, 2.45) is 0 Å². The predicted octanol–water partition coefficient (Wildman–Crippen LogP) is 2.17. The number of carbonyl (C=O) groups is 2. The molecule has 1 aromatic heterocycles. The van der Waals surface area contributed by atoms with E-state index in [1.807, 2.05) is 18.2 Å². The second kappa shape index (κ2) is 7.93. The molecule has 0 saturated heterocycles. The summed E-state index contributed by atoms with van der Waals surface area (Å²) in [4.78, 5) is 23.5. The third-order valence-electron chi connectivity index (χ3n) is 3.34. The molecule has 2 aromatic carbocycles. The normalized spacial score (nSPS) is 10.3. The van der Waals surface area contributed by atoms with Crippen molar-refractivity contribution in [2.75, 3.05) is 11.9 Å². The van der Waals surface area contributed by atoms with Gasteiger partial charge < -0.3 is 14.3 Å². The maximum atomic E-state index is 11.8. The average molecular weight is 353 g/mol. The monoisotopic (exact) mass is 353 g/mol. The molecule has 0 aliphatic carbocycles. The molecule has 1 heterocycles. The van der Waals surface area contributed by atoms with Gasteiger partial charge in [0.1, 0.15) is 5.75 Å². The number of ether oxygens (including phenoxy) is 1. The largest absolute Gasteiger partial charge is 0.508 e. The van der Waals surface area contributed by atoms with E-state index in [1.54, 1.807) is 24.3 Å². The number of nitrogens with one attached hydrogen (secondary N) is 1. The summed E-state index contributed by atoms with van der Waals surface area (Å²) in [5.74, 6) is -0.783. The van der Waals surface area contributed by atoms with Crippen LogP contribution >= 0.6 is 0 Å². The van der Waals surface area contributed by atoms with E-state index in [-0.39, 0.29) is 24.1 Å². The second-order valence-corrected chi connectivity index (χ2v) is 5.33. The summed E-state index contributed by atoms with van der Waals surface area (Å²) < 4.78 is 10.2. The number of benzene rings is 2. The minimum Gasteiger partial charge on any atom is -0.508 e. The van der Waals surface area contributed by atoms with Crippen LogP contribution in [0.15, 0.2) is 59.0 Å². The summed E-state index contributed by atoms with van der Waals surface area (Å²) in [5, 5.41) is 19.1. The molecule has 2 N–H and O–H groups in total. The average Bonchev–Trinajstić information content (AvgIpc) is 3.11. The minimum atomic E-state index is -0.590. The van der Waals surface area contributed by atoms with Crippen LogP contribution in [0.5, 0.6) is 5.75 Å². The van der Waals surface area contributed by atoms with Gasteiger partial charge in [0, 0.05) is 5.56 Å². The first kappa shape index (κ1) is 17.2. The van der Waals surface area contributed by atoms with Crippen molar-refractivity contribution in [3.8, 4) is 17.2 Å². The van der Waals surface area contributed by atoms with Crippen LogP contribution in [0, 0.1) is 0 Å². The summed E-state index contributed by atoms with van der Waals surface area (Å²) in [7, 11) is 0. The number of nitrogens with zero attached hydrogens (tertiary/aromatic N) is 2. The molecule has 0 unspecified atom stereocenters. The van der Waals surface area contributed by atoms with E-state index in [0.717, 1.165) is 5.56 Å². The number of hydrogen-bond donors (Lipinski definition) is 2. The Balaban J connectivity index is 1.47. The topological polar surface area (TPSA) is 115 Å². The highest BCUT2D eigenvalue weighted by molar-refractivity contribution is 5.91. The predicted molar refractivity (Wildman–Crippen MR) is 91.1 cm³/mol. The minimum absolute atomic E-state index is 0.00767. The highest BCUT2D eigenvalue weighted by Gasteiger charge is 2.13. The van der Waals surface area contributed by atoms with E-state index >= 15 is 0 Å². The molecule has 8 heteroatoms. The van der Waals surface area contributed by atoms with E-state index in [1.165, 1.54) is 12.1 Å². The number of phenolic OH excluding ortho intramolecular Hbond substituents is 1. The quantitative estimate of drug-likeness (QED) is 0.653. The highest BCUT2D eigenvalue weighted by Crippen LogP contribution is 2.18. The Hall–Kier alpha value is -3.68. The lowest BCUT2D eigenvalue weighted by Gasteiger charge is -2.04. The Bertz CT molecular complexity index is 891. The Morgan fingerprint density at radius 2 is 1.77 bits per heavy atom. The molecule has 0 aliphatic rings. The summed E-state index contributed by atoms with van der Waals surface area (Å²) in [5.41, 5.74) is 1.39. The van der Waals surface area contributed by atoms with Crippen LogP contribution in [0.2, 0.25) is 0 Å². The van der Waals surface area contributed by atoms with Crippen molar-refractivity contribution in [3.63, 3.8) is 0 Å². The standard InChI is InChI=1S/C18H15N3O5/c22-14-8-6-12(7-9-14)10-16(24)25-11-15(23)19-18-21-20-17(26-18)13-4-2-1-3-5-13/h1-9,22H,10-11H2,(H,19,21,23). The van der Waals surface area contributed by atoms with Gasteiger partial charge >= 0.3 is 12.0 Å². The molecular formula is C18H15N3O5. The van der Waals surface area contributed by atoms with Gasteiger partial charge in [0.15, 0.2) is 6.61 Å². The number of aromatic nitrogens is 2. The molecular weight excluding hydrogens is 338 g/mol. The summed E-state index contributed by atoms with van der Waals surface area (Å²) >= 11 is 0. The fourth-order valence-electron chi connectivity index (χ4n) is 2.10. The van der Waals surface area contributed by atoms with E-state index in [0.29, 0.717) is 5.56 Å². The van der Waals surface area contributed by atoms with Gasteiger partial charge in [-0.15, -0.1) is 5.10 Å². The smallest absolute Gasteiger partial charge is 0.322 e. The Morgan fingerprint density at radius 1 is 1.04 bits per heavy atom. The zero-order valence-corrected chi connectivity index (χ0v) is 13.6. The molecule has 0 spiro atoms. The third kappa shape index (κ3) is 4.67. The number of phenols is 1. The van der Waals surface area contributed by atoms with Gasteiger partial charge in [-0.3, -0.25) is 14.9 Å². The van der Waals surface area contributed by atoms with Gasteiger partial charge in [0.25, 0.3) is 5.91 Å². The number of amides is 1. The van der Waals surface area contributed by atoms with Crippen molar-refractivity contribution >= 4 is 17.9 Å². The molecule has 0 fully saturated rings. The van der Waals surface area contributed by atoms with Crippen LogP contribution in [-0.4, -0.2) is 33.8 Å². The van der Waals surface area contributed by atoms with Crippen molar-refractivity contribution < 1.29 is 23.8 Å². The summed E-state index contributed by atoms with van der Waals surface area (Å²) in [6.07, 6.45) is -0.00767. The number of anilines is 1. The molecule has 8 nitrogen and oxygen atoms in total. The van der Waals surface area contributed by atoms with E-state index < -0.39 is 18.5 Å². The van der Waals surface area contributed by atoms with E-state index in [9.17, 15) is 14.7 Å².